The monoisotopic (exact) mass is 878 g/mol. The molecule has 0 unspecified atom stereocenters. The Morgan fingerprint density at radius 3 is 1.73 bits per heavy atom. The number of anilines is 5. The molecule has 0 radical (unpaired) electrons. The van der Waals surface area contributed by atoms with E-state index in [0.29, 0.717) is 0 Å². The molecule has 0 aliphatic carbocycles. The van der Waals surface area contributed by atoms with Gasteiger partial charge in [-0.25, -0.2) is 4.79 Å². The Bertz CT molecular complexity index is 2570. The molecule has 0 heterocycles. The van der Waals surface area contributed by atoms with Gasteiger partial charge in [-0.05, 0) is 110 Å². The van der Waals surface area contributed by atoms with Crippen LogP contribution < -0.4 is 47.0 Å². The van der Waals surface area contributed by atoms with Crippen LogP contribution in [0, 0.1) is 5.21 Å². The van der Waals surface area contributed by atoms with E-state index in [4.69, 9.17) is 25.2 Å². The molecule has 0 aliphatic heterocycles. The topological polar surface area (TPSA) is 320 Å². The first-order chi connectivity index (χ1) is 30.5. The number of amides is 6. The minimum Gasteiger partial charge on any atom is -0.733 e. The second-order valence-electron chi connectivity index (χ2n) is 13.3. The largest absolute Gasteiger partial charge is 0.733 e. The fraction of sp³-hybridized carbons (Fsp3) is 0.140. The van der Waals surface area contributed by atoms with E-state index >= 15 is 0 Å². The van der Waals surface area contributed by atoms with Gasteiger partial charge < -0.3 is 67.2 Å². The minimum absolute atomic E-state index is 0.000766. The Hall–Kier alpha value is -8.53. The number of carboxylic acids is 1. The third-order valence-corrected chi connectivity index (χ3v) is 9.19. The van der Waals surface area contributed by atoms with E-state index in [1.165, 1.54) is 110 Å². The number of nitrogens with one attached hydrogen (secondary N) is 5. The molecular formula is C43H40N7O14-. The normalized spacial score (nSPS) is 11.5. The number of rotatable bonds is 18. The fourth-order valence-corrected chi connectivity index (χ4v) is 5.95. The summed E-state index contributed by atoms with van der Waals surface area (Å²) < 4.78 is 15.9. The van der Waals surface area contributed by atoms with Gasteiger partial charge in [0.25, 0.3) is 23.6 Å². The van der Waals surface area contributed by atoms with Crippen LogP contribution in [-0.2, 0) is 14.3 Å². The molecule has 21 heteroatoms. The van der Waals surface area contributed by atoms with Crippen LogP contribution in [0.4, 0.5) is 28.4 Å². The average Bonchev–Trinajstić information content (AvgIpc) is 3.27. The molecule has 0 bridgehead atoms. The highest BCUT2D eigenvalue weighted by molar-refractivity contribution is 6.10. The Balaban J connectivity index is 1.24. The van der Waals surface area contributed by atoms with E-state index in [0.717, 1.165) is 7.11 Å². The first-order valence-corrected chi connectivity index (χ1v) is 18.8. The summed E-state index contributed by atoms with van der Waals surface area (Å²) in [7, 11) is 2.40. The van der Waals surface area contributed by atoms with Crippen molar-refractivity contribution in [2.45, 2.75) is 19.1 Å². The number of carboxylic acid groups (broad SMARTS) is 1. The van der Waals surface area contributed by atoms with Gasteiger partial charge in [0.2, 0.25) is 11.8 Å². The van der Waals surface area contributed by atoms with Crippen LogP contribution in [0.1, 0.15) is 58.7 Å². The molecule has 0 aliphatic rings. The van der Waals surface area contributed by atoms with Crippen LogP contribution in [0.5, 0.6) is 17.2 Å². The Morgan fingerprint density at radius 2 is 1.20 bits per heavy atom. The number of phenols is 1. The molecule has 5 aromatic carbocycles. The van der Waals surface area contributed by atoms with Crippen LogP contribution in [0.2, 0.25) is 0 Å². The lowest BCUT2D eigenvalue weighted by Gasteiger charge is -2.24. The number of hydrogen-bond donors (Lipinski definition) is 9. The molecule has 0 spiro atoms. The summed E-state index contributed by atoms with van der Waals surface area (Å²) in [5.74, 6) is -6.80. The Morgan fingerprint density at radius 1 is 0.688 bits per heavy atom. The molecule has 5 aromatic rings. The van der Waals surface area contributed by atoms with Crippen LogP contribution in [0.25, 0.3) is 0 Å². The quantitative estimate of drug-likeness (QED) is 0.0558. The minimum atomic E-state index is -1.65. The number of phenolic OH excluding ortho intramolecular Hbond substituents is 1. The second kappa shape index (κ2) is 20.8. The van der Waals surface area contributed by atoms with Crippen LogP contribution in [0.15, 0.2) is 103 Å². The predicted octanol–water partition coefficient (Wildman–Crippen LogP) is 4.19. The molecule has 5 rings (SSSR count). The van der Waals surface area contributed by atoms with Gasteiger partial charge in [-0.15, -0.1) is 0 Å². The van der Waals surface area contributed by atoms with Gasteiger partial charge in [0, 0.05) is 35.2 Å². The number of methoxy groups -OCH3 is 2. The van der Waals surface area contributed by atoms with Crippen molar-refractivity contribution >= 4 is 69.8 Å². The number of nitrogens with zero attached hydrogens (tertiary/aromatic N) is 1. The Kier molecular flexibility index (Phi) is 15.1. The lowest BCUT2D eigenvalue weighted by Crippen LogP contribution is -2.56. The summed E-state index contributed by atoms with van der Waals surface area (Å²) in [6, 6.07) is 20.7. The van der Waals surface area contributed by atoms with E-state index in [9.17, 15) is 49.0 Å². The van der Waals surface area contributed by atoms with E-state index in [1.807, 2.05) is 0 Å². The molecule has 64 heavy (non-hydrogen) atoms. The number of carbonyl (C=O) groups excluding carboxylic acids is 6. The summed E-state index contributed by atoms with van der Waals surface area (Å²) in [6.45, 7) is 1.65. The number of carbonyl (C=O) groups is 7. The van der Waals surface area contributed by atoms with Crippen LogP contribution in [0.3, 0.4) is 0 Å². The highest BCUT2D eigenvalue weighted by atomic mass is 16.8. The third-order valence-electron chi connectivity index (χ3n) is 9.19. The first-order valence-electron chi connectivity index (χ1n) is 18.8. The maximum absolute atomic E-state index is 13.5. The van der Waals surface area contributed by atoms with Gasteiger partial charge in [0.15, 0.2) is 17.6 Å². The molecule has 332 valence electrons. The number of hydrogen-bond acceptors (Lipinski definition) is 14. The van der Waals surface area contributed by atoms with Gasteiger partial charge in [-0.2, -0.15) is 0 Å². The van der Waals surface area contributed by atoms with Crippen molar-refractivity contribution in [2.75, 3.05) is 47.3 Å². The SMILES string of the molecule is CCOc1c(NC(=O)c2ccc(NC(=O)[C@@H](NC(=O)c3ccc(NC(=O)c4ccc(N([O-])O)cc4)cc3)[C@@H](OC)C(N)=O)cc2)ccc(C(=O)Nc2ccc(C(=O)O)cc2OC)c1O. The van der Waals surface area contributed by atoms with Crippen molar-refractivity contribution in [1.29, 1.82) is 0 Å². The van der Waals surface area contributed by atoms with Crippen molar-refractivity contribution in [3.8, 4) is 17.2 Å². The molecule has 0 fully saturated rings. The van der Waals surface area contributed by atoms with E-state index < -0.39 is 59.3 Å². The van der Waals surface area contributed by atoms with E-state index in [1.54, 1.807) is 6.92 Å². The lowest BCUT2D eigenvalue weighted by atomic mass is 10.1. The first kappa shape index (κ1) is 46.5. The third kappa shape index (κ3) is 11.2. The molecular weight excluding hydrogens is 839 g/mol. The zero-order valence-electron chi connectivity index (χ0n) is 34.0. The molecule has 6 amide bonds. The molecule has 0 saturated heterocycles. The highest BCUT2D eigenvalue weighted by Crippen LogP contribution is 2.39. The molecule has 0 saturated carbocycles. The summed E-state index contributed by atoms with van der Waals surface area (Å²) in [5, 5.41) is 52.7. The zero-order chi connectivity index (χ0) is 46.7. The number of primary amides is 1. The summed E-state index contributed by atoms with van der Waals surface area (Å²) in [4.78, 5) is 89.6. The highest BCUT2D eigenvalue weighted by Gasteiger charge is 2.34. The summed E-state index contributed by atoms with van der Waals surface area (Å²) in [5.41, 5.74) is 5.91. The number of aromatic hydroxyl groups is 1. The number of nitrogens with two attached hydrogens (primary N) is 1. The van der Waals surface area contributed by atoms with Crippen molar-refractivity contribution in [3.05, 3.63) is 136 Å². The van der Waals surface area contributed by atoms with Crippen molar-refractivity contribution in [3.63, 3.8) is 0 Å². The van der Waals surface area contributed by atoms with Gasteiger partial charge in [-0.1, -0.05) is 0 Å². The van der Waals surface area contributed by atoms with E-state index in [-0.39, 0.29) is 79.6 Å². The van der Waals surface area contributed by atoms with Gasteiger partial charge in [-0.3, -0.25) is 34.0 Å². The lowest BCUT2D eigenvalue weighted by molar-refractivity contribution is -0.134. The number of aromatic carboxylic acids is 1. The number of benzene rings is 5. The van der Waals surface area contributed by atoms with Crippen molar-refractivity contribution in [2.24, 2.45) is 5.73 Å². The molecule has 21 nitrogen and oxygen atoms in total. The maximum atomic E-state index is 13.5. The van der Waals surface area contributed by atoms with Crippen molar-refractivity contribution < 1.29 is 63.2 Å². The van der Waals surface area contributed by atoms with Gasteiger partial charge >= 0.3 is 5.97 Å². The van der Waals surface area contributed by atoms with Gasteiger partial charge in [0.05, 0.1) is 41.9 Å². The van der Waals surface area contributed by atoms with Crippen molar-refractivity contribution in [1.82, 2.24) is 5.32 Å². The average molecular weight is 879 g/mol. The van der Waals surface area contributed by atoms with E-state index in [2.05, 4.69) is 26.6 Å². The second-order valence-corrected chi connectivity index (χ2v) is 13.3. The maximum Gasteiger partial charge on any atom is 0.335 e. The smallest absolute Gasteiger partial charge is 0.335 e. The molecule has 10 N–H and O–H groups in total. The predicted molar refractivity (Wildman–Crippen MR) is 230 cm³/mol. The summed E-state index contributed by atoms with van der Waals surface area (Å²) >= 11 is 0. The standard InChI is InChI=1S/C43H40N7O14/c1-4-64-35-31(20-18-29(34(35)51)41(56)47-30-19-11-25(43(58)59)21-32(30)62-2)48-39(54)22-5-14-27(15-6-22)46-42(57)33(36(63-3)37(44)52)49-40(55)23-7-12-26(13-8-23)45-38(53)24-9-16-28(17-10-24)50(60)61/h5-21,33,36,51,60H,4H2,1-3H3,(H2,44,52)(H,45,53)(H,46,57)(H,47,56)(H,48,54)(H,49,55)(H,58,59)/q-1/t33-,36+/m0/s1. The van der Waals surface area contributed by atoms with Gasteiger partial charge in [0.1, 0.15) is 11.8 Å². The van der Waals surface area contributed by atoms with Crippen LogP contribution in [-0.4, -0.2) is 89.8 Å². The Labute approximate surface area is 363 Å². The molecule has 0 aromatic heterocycles. The molecule has 2 atom stereocenters. The summed E-state index contributed by atoms with van der Waals surface area (Å²) in [6.07, 6.45) is -1.62. The zero-order valence-corrected chi connectivity index (χ0v) is 34.0. The fourth-order valence-electron chi connectivity index (χ4n) is 5.95. The number of ether oxygens (including phenoxy) is 3. The van der Waals surface area contributed by atoms with Crippen LogP contribution >= 0.6 is 0 Å².